The van der Waals surface area contributed by atoms with Crippen molar-refractivity contribution < 1.29 is 4.79 Å². The molecule has 2 bridgehead atoms. The molecule has 94 valence electrons. The summed E-state index contributed by atoms with van der Waals surface area (Å²) in [5.74, 6) is 1.19. The van der Waals surface area contributed by atoms with Crippen molar-refractivity contribution >= 4 is 11.7 Å². The van der Waals surface area contributed by atoms with E-state index in [0.29, 0.717) is 5.92 Å². The second-order valence-electron chi connectivity index (χ2n) is 5.25. The van der Waals surface area contributed by atoms with E-state index in [1.807, 2.05) is 0 Å². The molecule has 2 aliphatic carbocycles. The number of allylic oxidation sites excluding steroid dienone is 2. The van der Waals surface area contributed by atoms with Gasteiger partial charge in [-0.2, -0.15) is 5.10 Å². The molecular weight excluding hydrogens is 214 g/mol. The van der Waals surface area contributed by atoms with Crippen molar-refractivity contribution in [2.24, 2.45) is 22.7 Å². The van der Waals surface area contributed by atoms with Crippen molar-refractivity contribution in [3.8, 4) is 0 Å². The lowest BCUT2D eigenvalue weighted by Gasteiger charge is -2.39. The predicted octanol–water partition coefficient (Wildman–Crippen LogP) is 2.56. The Labute approximate surface area is 102 Å². The van der Waals surface area contributed by atoms with Crippen LogP contribution in [0.2, 0.25) is 0 Å². The number of carbonyl (C=O) groups excluding carboxylic acids is 1. The third kappa shape index (κ3) is 2.51. The topological polar surface area (TPSA) is 67.5 Å². The zero-order valence-corrected chi connectivity index (χ0v) is 10.6. The molecule has 0 aromatic rings. The van der Waals surface area contributed by atoms with Crippen LogP contribution < -0.4 is 11.2 Å². The molecule has 0 aromatic carbocycles. The quantitative estimate of drug-likeness (QED) is 0.532. The van der Waals surface area contributed by atoms with E-state index in [-0.39, 0.29) is 0 Å². The van der Waals surface area contributed by atoms with Crippen molar-refractivity contribution in [2.45, 2.75) is 46.0 Å². The zero-order valence-electron chi connectivity index (χ0n) is 10.6. The Hall–Kier alpha value is -1.32. The molecule has 0 heterocycles. The lowest BCUT2D eigenvalue weighted by Crippen LogP contribution is -2.35. The summed E-state index contributed by atoms with van der Waals surface area (Å²) in [6.45, 7) is 4.37. The van der Waals surface area contributed by atoms with E-state index in [9.17, 15) is 4.79 Å². The van der Waals surface area contributed by atoms with Gasteiger partial charge in [-0.25, -0.2) is 10.2 Å². The minimum absolute atomic E-state index is 0.444. The fourth-order valence-electron chi connectivity index (χ4n) is 3.32. The van der Waals surface area contributed by atoms with E-state index < -0.39 is 6.03 Å². The summed E-state index contributed by atoms with van der Waals surface area (Å²) in [5.41, 5.74) is 11.5. The number of nitrogens with two attached hydrogens (primary N) is 1. The number of nitrogens with one attached hydrogen (secondary N) is 1. The monoisotopic (exact) mass is 235 g/mol. The van der Waals surface area contributed by atoms with Gasteiger partial charge < -0.3 is 5.73 Å². The summed E-state index contributed by atoms with van der Waals surface area (Å²) >= 11 is 0. The standard InChI is InChI=1S/C13H21N3O/c1-8(2)12-9-4-3-5-10(12)11(7-6-9)15-16-13(14)17/h9-10H,3-7H2,1-2H3,(H3,14,16,17)/b15-11-/t9-,10-/m0/s1. The average molecular weight is 235 g/mol. The van der Waals surface area contributed by atoms with Crippen molar-refractivity contribution in [1.29, 1.82) is 0 Å². The number of nitrogens with zero attached hydrogens (tertiary/aromatic N) is 1. The molecule has 0 aromatic heterocycles. The lowest BCUT2D eigenvalue weighted by molar-refractivity contribution is 0.249. The summed E-state index contributed by atoms with van der Waals surface area (Å²) in [6, 6.07) is -0.575. The van der Waals surface area contributed by atoms with Gasteiger partial charge in [0.05, 0.1) is 0 Å². The molecular formula is C13H21N3O. The summed E-state index contributed by atoms with van der Waals surface area (Å²) < 4.78 is 0. The number of carbonyl (C=O) groups is 1. The van der Waals surface area contributed by atoms with Crippen LogP contribution in [0.25, 0.3) is 0 Å². The fourth-order valence-corrected chi connectivity index (χ4v) is 3.32. The second kappa shape index (κ2) is 4.90. The third-order valence-electron chi connectivity index (χ3n) is 3.90. The van der Waals surface area contributed by atoms with Crippen LogP contribution >= 0.6 is 0 Å². The van der Waals surface area contributed by atoms with Gasteiger partial charge >= 0.3 is 6.03 Å². The summed E-state index contributed by atoms with van der Waals surface area (Å²) in [4.78, 5) is 10.7. The van der Waals surface area contributed by atoms with Gasteiger partial charge in [0.1, 0.15) is 0 Å². The maximum Gasteiger partial charge on any atom is 0.332 e. The fraction of sp³-hybridized carbons (Fsp3) is 0.692. The summed E-state index contributed by atoms with van der Waals surface area (Å²) in [5, 5.41) is 4.19. The molecule has 0 saturated heterocycles. The van der Waals surface area contributed by atoms with Crippen LogP contribution in [-0.4, -0.2) is 11.7 Å². The van der Waals surface area contributed by atoms with E-state index >= 15 is 0 Å². The van der Waals surface area contributed by atoms with Crippen molar-refractivity contribution in [2.75, 3.05) is 0 Å². The number of amides is 2. The first-order valence-corrected chi connectivity index (χ1v) is 6.38. The largest absolute Gasteiger partial charge is 0.350 e. The highest BCUT2D eigenvalue weighted by molar-refractivity contribution is 5.91. The number of primary amides is 1. The van der Waals surface area contributed by atoms with E-state index in [0.717, 1.165) is 30.9 Å². The number of hydrazone groups is 1. The van der Waals surface area contributed by atoms with E-state index in [2.05, 4.69) is 24.4 Å². The SMILES string of the molecule is CC(C)=C1[C@H]2CCC[C@H]1/C(=N\NC(N)=O)CC2. The average Bonchev–Trinajstić information content (AvgIpc) is 2.27. The first-order valence-electron chi connectivity index (χ1n) is 6.38. The Balaban J connectivity index is 2.24. The van der Waals surface area contributed by atoms with Crippen molar-refractivity contribution in [1.82, 2.24) is 5.43 Å². The minimum Gasteiger partial charge on any atom is -0.350 e. The van der Waals surface area contributed by atoms with E-state index in [1.165, 1.54) is 18.4 Å². The summed E-state index contributed by atoms with van der Waals surface area (Å²) in [6.07, 6.45) is 5.90. The molecule has 0 spiro atoms. The van der Waals surface area contributed by atoms with Crippen LogP contribution in [0.3, 0.4) is 0 Å². The van der Waals surface area contributed by atoms with Crippen molar-refractivity contribution in [3.05, 3.63) is 11.1 Å². The molecule has 2 aliphatic rings. The Kier molecular flexibility index (Phi) is 3.50. The molecule has 0 radical (unpaired) electrons. The zero-order chi connectivity index (χ0) is 12.4. The number of hydrogen-bond acceptors (Lipinski definition) is 2. The normalized spacial score (nSPS) is 30.2. The van der Waals surface area contributed by atoms with Gasteiger partial charge in [0.2, 0.25) is 0 Å². The Bertz CT molecular complexity index is 380. The number of fused-ring (bicyclic) bond motifs is 2. The Morgan fingerprint density at radius 1 is 1.35 bits per heavy atom. The molecule has 4 heteroatoms. The summed E-state index contributed by atoms with van der Waals surface area (Å²) in [7, 11) is 0. The Morgan fingerprint density at radius 2 is 2.12 bits per heavy atom. The number of hydrogen-bond donors (Lipinski definition) is 2. The van der Waals surface area contributed by atoms with Gasteiger partial charge in [0.15, 0.2) is 0 Å². The minimum atomic E-state index is -0.575. The smallest absolute Gasteiger partial charge is 0.332 e. The molecule has 0 aliphatic heterocycles. The van der Waals surface area contributed by atoms with Gasteiger partial charge in [-0.05, 0) is 45.4 Å². The molecule has 2 fully saturated rings. The molecule has 0 unspecified atom stereocenters. The van der Waals surface area contributed by atoms with Gasteiger partial charge in [0, 0.05) is 11.6 Å². The van der Waals surface area contributed by atoms with Crippen molar-refractivity contribution in [3.63, 3.8) is 0 Å². The van der Waals surface area contributed by atoms with E-state index in [1.54, 1.807) is 5.57 Å². The van der Waals surface area contributed by atoms with E-state index in [4.69, 9.17) is 5.73 Å². The van der Waals surface area contributed by atoms with Crippen LogP contribution in [0.15, 0.2) is 16.2 Å². The highest BCUT2D eigenvalue weighted by Gasteiger charge is 2.35. The molecule has 17 heavy (non-hydrogen) atoms. The molecule has 3 N–H and O–H groups in total. The maximum absolute atomic E-state index is 10.7. The van der Waals surface area contributed by atoms with Gasteiger partial charge in [0.25, 0.3) is 0 Å². The highest BCUT2D eigenvalue weighted by Crippen LogP contribution is 2.44. The van der Waals surface area contributed by atoms with Crippen LogP contribution in [0, 0.1) is 11.8 Å². The van der Waals surface area contributed by atoms with Crippen LogP contribution in [0.4, 0.5) is 4.79 Å². The second-order valence-corrected chi connectivity index (χ2v) is 5.25. The van der Waals surface area contributed by atoms with Gasteiger partial charge in [-0.15, -0.1) is 0 Å². The first kappa shape index (κ1) is 12.1. The number of rotatable bonds is 1. The van der Waals surface area contributed by atoms with Gasteiger partial charge in [-0.3, -0.25) is 0 Å². The highest BCUT2D eigenvalue weighted by atomic mass is 16.2. The third-order valence-corrected chi connectivity index (χ3v) is 3.90. The number of urea groups is 1. The molecule has 2 amide bonds. The van der Waals surface area contributed by atoms with Gasteiger partial charge in [-0.1, -0.05) is 17.6 Å². The molecule has 2 saturated carbocycles. The van der Waals surface area contributed by atoms with Crippen LogP contribution in [0.5, 0.6) is 0 Å². The lowest BCUT2D eigenvalue weighted by atomic mass is 9.66. The Morgan fingerprint density at radius 3 is 2.76 bits per heavy atom. The first-order chi connectivity index (χ1) is 8.09. The molecule has 2 atom stereocenters. The predicted molar refractivity (Wildman–Crippen MR) is 68.6 cm³/mol. The maximum atomic E-state index is 10.7. The van der Waals surface area contributed by atoms with Crippen LogP contribution in [-0.2, 0) is 0 Å². The molecule has 4 nitrogen and oxygen atoms in total. The molecule has 2 rings (SSSR count). The van der Waals surface area contributed by atoms with Crippen LogP contribution in [0.1, 0.15) is 46.0 Å².